The van der Waals surface area contributed by atoms with Gasteiger partial charge in [-0.1, -0.05) is 42.5 Å². The summed E-state index contributed by atoms with van der Waals surface area (Å²) in [6, 6.07) is 12.2. The van der Waals surface area contributed by atoms with Crippen molar-refractivity contribution >= 4 is 40.9 Å². The van der Waals surface area contributed by atoms with Crippen molar-refractivity contribution in [1.29, 1.82) is 0 Å². The number of hydrogen-bond acceptors (Lipinski definition) is 12. The van der Waals surface area contributed by atoms with Gasteiger partial charge in [0.2, 0.25) is 5.95 Å². The second-order valence-electron chi connectivity index (χ2n) is 13.6. The number of imidazole rings is 1. The Morgan fingerprint density at radius 1 is 1.04 bits per heavy atom. The standard InChI is InChI=1S/C35H42N10O7/c1-19-32(50)45(35(52)38-19)26-14-25(28(48)29(26)49)44-18-37-27-30(39-23(17-46)12-20-6-3-2-4-7-20)41-33(42-31(27)44)43-11-10-22(16-43)40-34(51)36-15-21-8-5-9-24(47)13-21/h2-9,13,18-19,22-23,25-26,28-29,46-49H,10-12,14-17H2,1H3,(H,38,52)(H2,36,40,51)(H,39,41,42). The average Bonchev–Trinajstić information content (AvgIpc) is 3.90. The van der Waals surface area contributed by atoms with Gasteiger partial charge in [-0.15, -0.1) is 0 Å². The lowest BCUT2D eigenvalue weighted by Crippen LogP contribution is -2.47. The number of carbonyl (C=O) groups excluding carboxylic acids is 3. The average molecular weight is 715 g/mol. The lowest BCUT2D eigenvalue weighted by atomic mass is 10.1. The fourth-order valence-electron chi connectivity index (χ4n) is 7.24. The number of aliphatic hydroxyl groups is 3. The van der Waals surface area contributed by atoms with Crippen molar-refractivity contribution in [2.45, 2.75) is 75.1 Å². The summed E-state index contributed by atoms with van der Waals surface area (Å²) < 4.78 is 1.63. The van der Waals surface area contributed by atoms with Crippen LogP contribution in [0.1, 0.15) is 36.9 Å². The van der Waals surface area contributed by atoms with Crippen LogP contribution in [0.5, 0.6) is 5.75 Å². The molecule has 17 nitrogen and oxygen atoms in total. The lowest BCUT2D eigenvalue weighted by Gasteiger charge is -2.24. The maximum absolute atomic E-state index is 12.8. The highest BCUT2D eigenvalue weighted by Crippen LogP contribution is 2.38. The van der Waals surface area contributed by atoms with E-state index in [1.54, 1.807) is 35.8 Å². The third-order valence-corrected chi connectivity index (χ3v) is 9.94. The van der Waals surface area contributed by atoms with Gasteiger partial charge in [-0.05, 0) is 49.4 Å². The van der Waals surface area contributed by atoms with Gasteiger partial charge in [-0.25, -0.2) is 14.6 Å². The number of anilines is 2. The summed E-state index contributed by atoms with van der Waals surface area (Å²) in [4.78, 5) is 55.4. The van der Waals surface area contributed by atoms with Gasteiger partial charge in [0, 0.05) is 25.7 Å². The van der Waals surface area contributed by atoms with Crippen LogP contribution in [0.2, 0.25) is 0 Å². The predicted octanol–water partition coefficient (Wildman–Crippen LogP) is 0.601. The number of amides is 5. The molecule has 17 heteroatoms. The number of rotatable bonds is 11. The third kappa shape index (κ3) is 7.02. The number of imide groups is 1. The maximum atomic E-state index is 12.8. The van der Waals surface area contributed by atoms with Crippen molar-refractivity contribution in [3.05, 3.63) is 72.1 Å². The van der Waals surface area contributed by atoms with E-state index in [9.17, 15) is 34.8 Å². The van der Waals surface area contributed by atoms with E-state index in [-0.39, 0.29) is 37.4 Å². The molecule has 274 valence electrons. The first-order chi connectivity index (χ1) is 25.1. The van der Waals surface area contributed by atoms with Crippen molar-refractivity contribution in [1.82, 2.24) is 40.4 Å². The molecule has 4 heterocycles. The number of carbonyl (C=O) groups is 3. The number of fused-ring (bicyclic) bond motifs is 1. The zero-order chi connectivity index (χ0) is 36.5. The van der Waals surface area contributed by atoms with Gasteiger partial charge in [0.25, 0.3) is 5.91 Å². The summed E-state index contributed by atoms with van der Waals surface area (Å²) in [6.07, 6.45) is -0.113. The number of nitrogens with one attached hydrogen (secondary N) is 4. The first-order valence-electron chi connectivity index (χ1n) is 17.3. The van der Waals surface area contributed by atoms with E-state index in [0.29, 0.717) is 48.9 Å². The Morgan fingerprint density at radius 3 is 2.54 bits per heavy atom. The van der Waals surface area contributed by atoms with E-state index >= 15 is 0 Å². The number of hydrogen-bond donors (Lipinski definition) is 8. The van der Waals surface area contributed by atoms with Gasteiger partial charge in [0.1, 0.15) is 24.0 Å². The first-order valence-corrected chi connectivity index (χ1v) is 17.3. The molecule has 0 bridgehead atoms. The van der Waals surface area contributed by atoms with E-state index in [2.05, 4.69) is 26.3 Å². The minimum absolute atomic E-state index is 0.0580. The number of aromatic hydroxyl groups is 1. The van der Waals surface area contributed by atoms with Gasteiger partial charge >= 0.3 is 12.1 Å². The Hall–Kier alpha value is -5.52. The van der Waals surface area contributed by atoms with Gasteiger partial charge in [-0.2, -0.15) is 9.97 Å². The normalized spacial score (nSPS) is 25.1. The fourth-order valence-corrected chi connectivity index (χ4v) is 7.24. The Balaban J connectivity index is 1.15. The van der Waals surface area contributed by atoms with Crippen LogP contribution in [0, 0.1) is 0 Å². The summed E-state index contributed by atoms with van der Waals surface area (Å²) in [7, 11) is 0. The van der Waals surface area contributed by atoms with Crippen LogP contribution in [-0.2, 0) is 17.8 Å². The maximum Gasteiger partial charge on any atom is 0.325 e. The van der Waals surface area contributed by atoms with Crippen LogP contribution >= 0.6 is 0 Å². The zero-order valence-corrected chi connectivity index (χ0v) is 28.5. The number of nitrogens with zero attached hydrogens (tertiary/aromatic N) is 6. The first kappa shape index (κ1) is 34.9. The lowest BCUT2D eigenvalue weighted by molar-refractivity contribution is -0.130. The number of aromatic nitrogens is 4. The van der Waals surface area contributed by atoms with Crippen molar-refractivity contribution in [2.75, 3.05) is 29.9 Å². The van der Waals surface area contributed by atoms with Crippen molar-refractivity contribution < 1.29 is 34.8 Å². The van der Waals surface area contributed by atoms with Crippen molar-refractivity contribution in [2.24, 2.45) is 0 Å². The molecule has 2 aromatic carbocycles. The Kier molecular flexibility index (Phi) is 9.81. The summed E-state index contributed by atoms with van der Waals surface area (Å²) in [5.41, 5.74) is 2.46. The molecule has 3 fully saturated rings. The molecule has 8 N–H and O–H groups in total. The molecule has 52 heavy (non-hydrogen) atoms. The molecule has 4 aromatic rings. The minimum Gasteiger partial charge on any atom is -0.508 e. The molecule has 0 radical (unpaired) electrons. The highest BCUT2D eigenvalue weighted by atomic mass is 16.3. The van der Waals surface area contributed by atoms with E-state index in [1.165, 1.54) is 6.33 Å². The number of phenols is 1. The van der Waals surface area contributed by atoms with Gasteiger partial charge < -0.3 is 51.2 Å². The van der Waals surface area contributed by atoms with Gasteiger partial charge in [0.15, 0.2) is 17.0 Å². The molecule has 3 aliphatic rings. The highest BCUT2D eigenvalue weighted by Gasteiger charge is 2.51. The van der Waals surface area contributed by atoms with E-state index < -0.39 is 48.3 Å². The predicted molar refractivity (Wildman–Crippen MR) is 188 cm³/mol. The number of urea groups is 2. The molecule has 0 spiro atoms. The molecule has 1 saturated carbocycles. The monoisotopic (exact) mass is 714 g/mol. The highest BCUT2D eigenvalue weighted by molar-refractivity contribution is 6.04. The van der Waals surface area contributed by atoms with E-state index in [4.69, 9.17) is 9.97 Å². The number of phenolic OH excluding ortho intramolecular Hbond substituents is 1. The molecule has 2 aliphatic heterocycles. The Bertz CT molecular complexity index is 1940. The van der Waals surface area contributed by atoms with Crippen LogP contribution in [-0.4, -0.2) is 119 Å². The molecule has 7 rings (SSSR count). The second-order valence-corrected chi connectivity index (χ2v) is 13.6. The summed E-state index contributed by atoms with van der Waals surface area (Å²) in [5, 5.41) is 54.1. The molecular formula is C35H42N10O7. The zero-order valence-electron chi connectivity index (χ0n) is 28.5. The fraction of sp³-hybridized carbons (Fsp3) is 0.429. The SMILES string of the molecule is CC1NC(=O)N(C2CC(n3cnc4c(NC(CO)Cc5ccccc5)nc(N5CCC(NC(=O)NCc6cccc(O)c6)C5)nc43)C(O)C2O)C1=O. The van der Waals surface area contributed by atoms with Crippen LogP contribution in [0.4, 0.5) is 21.4 Å². The second kappa shape index (κ2) is 14.6. The van der Waals surface area contributed by atoms with Crippen LogP contribution in [0.15, 0.2) is 60.9 Å². The number of benzene rings is 2. The van der Waals surface area contributed by atoms with Crippen molar-refractivity contribution in [3.8, 4) is 5.75 Å². The molecule has 1 aliphatic carbocycles. The summed E-state index contributed by atoms with van der Waals surface area (Å²) in [6.45, 7) is 2.50. The van der Waals surface area contributed by atoms with Gasteiger partial charge in [0.05, 0.1) is 31.1 Å². The molecule has 7 atom stereocenters. The van der Waals surface area contributed by atoms with Crippen LogP contribution in [0.3, 0.4) is 0 Å². The quantitative estimate of drug-likeness (QED) is 0.0999. The molecule has 7 unspecified atom stereocenters. The minimum atomic E-state index is -1.41. The molecule has 2 saturated heterocycles. The Labute approximate surface area is 298 Å². The van der Waals surface area contributed by atoms with E-state index in [1.807, 2.05) is 35.2 Å². The van der Waals surface area contributed by atoms with Gasteiger partial charge in [-0.3, -0.25) is 9.69 Å². The van der Waals surface area contributed by atoms with Crippen LogP contribution in [0.25, 0.3) is 11.2 Å². The summed E-state index contributed by atoms with van der Waals surface area (Å²) >= 11 is 0. The number of aliphatic hydroxyl groups excluding tert-OH is 3. The third-order valence-electron chi connectivity index (χ3n) is 9.94. The summed E-state index contributed by atoms with van der Waals surface area (Å²) in [5.74, 6) is 0.310. The topological polar surface area (TPSA) is 230 Å². The van der Waals surface area contributed by atoms with Crippen LogP contribution < -0.4 is 26.2 Å². The smallest absolute Gasteiger partial charge is 0.325 e. The molecular weight excluding hydrogens is 672 g/mol. The molecule has 5 amide bonds. The molecule has 2 aromatic heterocycles. The van der Waals surface area contributed by atoms with Crippen molar-refractivity contribution in [3.63, 3.8) is 0 Å². The Morgan fingerprint density at radius 2 is 1.81 bits per heavy atom. The largest absolute Gasteiger partial charge is 0.508 e. The van der Waals surface area contributed by atoms with E-state index in [0.717, 1.165) is 16.0 Å².